The van der Waals surface area contributed by atoms with Crippen molar-refractivity contribution in [2.24, 2.45) is 4.99 Å². The van der Waals surface area contributed by atoms with Crippen LogP contribution in [0, 0.1) is 0 Å². The second kappa shape index (κ2) is 6.69. The van der Waals surface area contributed by atoms with Gasteiger partial charge in [0.15, 0.2) is 0 Å². The minimum Gasteiger partial charge on any atom is -0.329 e. The van der Waals surface area contributed by atoms with Gasteiger partial charge in [0.05, 0.1) is 21.8 Å². The molecule has 0 saturated carbocycles. The van der Waals surface area contributed by atoms with E-state index in [0.717, 1.165) is 16.4 Å². The summed E-state index contributed by atoms with van der Waals surface area (Å²) in [6, 6.07) is 38.7. The second-order valence-corrected chi connectivity index (χ2v) is 9.05. The van der Waals surface area contributed by atoms with Gasteiger partial charge in [0.1, 0.15) is 6.04 Å². The number of anilines is 2. The molecule has 0 radical (unpaired) electrons. The van der Waals surface area contributed by atoms with Gasteiger partial charge in [-0.15, -0.1) is 0 Å². The lowest BCUT2D eigenvalue weighted by molar-refractivity contribution is 0.505. The van der Waals surface area contributed by atoms with E-state index in [4.69, 9.17) is 4.99 Å². The highest BCUT2D eigenvalue weighted by Gasteiger charge is 2.49. The minimum atomic E-state index is -0.320. The van der Waals surface area contributed by atoms with E-state index >= 15 is 0 Å². The zero-order valence-electron chi connectivity index (χ0n) is 18.4. The monoisotopic (exact) mass is 425 g/mol. The number of benzene rings is 4. The van der Waals surface area contributed by atoms with Crippen LogP contribution >= 0.6 is 0 Å². The Labute approximate surface area is 192 Å². The Bertz CT molecular complexity index is 1630. The summed E-state index contributed by atoms with van der Waals surface area (Å²) in [4.78, 5) is 7.94. The molecule has 3 heteroatoms. The molecule has 158 valence electrons. The van der Waals surface area contributed by atoms with Gasteiger partial charge >= 0.3 is 0 Å². The summed E-state index contributed by atoms with van der Waals surface area (Å²) in [5.41, 5.74) is 5.73. The number of fused-ring (bicyclic) bond motifs is 6. The summed E-state index contributed by atoms with van der Waals surface area (Å²) in [5, 5.41) is 3.45. The zero-order valence-corrected chi connectivity index (χ0v) is 18.4. The van der Waals surface area contributed by atoms with Gasteiger partial charge in [0, 0.05) is 28.0 Å². The molecule has 3 heterocycles. The van der Waals surface area contributed by atoms with Gasteiger partial charge in [0.2, 0.25) is 0 Å². The number of nitrogens with zero attached hydrogens (tertiary/aromatic N) is 3. The molecule has 0 fully saturated rings. The lowest BCUT2D eigenvalue weighted by Crippen LogP contribution is -2.48. The number of hydrogen-bond acceptors (Lipinski definition) is 2. The van der Waals surface area contributed by atoms with E-state index in [2.05, 4.69) is 132 Å². The topological polar surface area (TPSA) is 20.5 Å². The summed E-state index contributed by atoms with van der Waals surface area (Å²) in [6.07, 6.45) is 2.44. The van der Waals surface area contributed by atoms with Gasteiger partial charge in [-0.1, -0.05) is 72.8 Å². The lowest BCUT2D eigenvalue weighted by Gasteiger charge is -2.38. The average Bonchev–Trinajstić information content (AvgIpc) is 3.31. The first kappa shape index (κ1) is 18.5. The van der Waals surface area contributed by atoms with Crippen molar-refractivity contribution in [3.05, 3.63) is 125 Å². The summed E-state index contributed by atoms with van der Waals surface area (Å²) >= 11 is 0. The van der Waals surface area contributed by atoms with E-state index in [-0.39, 0.29) is 11.6 Å². The van der Waals surface area contributed by atoms with Crippen LogP contribution in [-0.4, -0.2) is 10.1 Å². The quantitative estimate of drug-likeness (QED) is 0.356. The molecule has 0 N–H and O–H groups in total. The van der Waals surface area contributed by atoms with Gasteiger partial charge in [-0.25, -0.2) is 0 Å². The molecule has 7 rings (SSSR count). The Morgan fingerprint density at radius 3 is 2.12 bits per heavy atom. The second-order valence-electron chi connectivity index (χ2n) is 9.05. The fourth-order valence-electron chi connectivity index (χ4n) is 5.73. The first-order valence-corrected chi connectivity index (χ1v) is 11.5. The van der Waals surface area contributed by atoms with Crippen LogP contribution in [0.1, 0.15) is 18.5 Å². The Balaban J connectivity index is 1.61. The molecular formula is C30H23N3. The van der Waals surface area contributed by atoms with Gasteiger partial charge in [-0.05, 0) is 49.4 Å². The fourth-order valence-corrected chi connectivity index (χ4v) is 5.73. The molecule has 1 aromatic heterocycles. The van der Waals surface area contributed by atoms with Crippen LogP contribution in [0.15, 0.2) is 114 Å². The van der Waals surface area contributed by atoms with E-state index in [1.807, 2.05) is 0 Å². The normalized spacial score (nSPS) is 20.5. The number of aromatic nitrogens is 1. The van der Waals surface area contributed by atoms with Crippen molar-refractivity contribution in [3.8, 4) is 5.69 Å². The van der Waals surface area contributed by atoms with Crippen LogP contribution < -0.4 is 15.6 Å². The molecule has 5 aromatic rings. The third-order valence-corrected chi connectivity index (χ3v) is 7.11. The molecule has 0 aliphatic carbocycles. The van der Waals surface area contributed by atoms with Crippen LogP contribution in [0.4, 0.5) is 11.4 Å². The highest BCUT2D eigenvalue weighted by Crippen LogP contribution is 2.53. The lowest BCUT2D eigenvalue weighted by atomic mass is 9.88. The predicted molar refractivity (Wildman–Crippen MR) is 135 cm³/mol. The smallest absolute Gasteiger partial charge is 0.105 e. The maximum Gasteiger partial charge on any atom is 0.105 e. The molecule has 3 nitrogen and oxygen atoms in total. The van der Waals surface area contributed by atoms with E-state index in [9.17, 15) is 0 Å². The molecule has 4 aromatic carbocycles. The fraction of sp³-hybridized carbons (Fsp3) is 0.100. The first-order valence-electron chi connectivity index (χ1n) is 11.5. The van der Waals surface area contributed by atoms with Crippen LogP contribution in [-0.2, 0) is 0 Å². The molecule has 0 saturated heterocycles. The van der Waals surface area contributed by atoms with Gasteiger partial charge < -0.3 is 9.47 Å². The van der Waals surface area contributed by atoms with Gasteiger partial charge in [0.25, 0.3) is 0 Å². The standard InChI is InChI=1S/C30H23N3/c1-30-20-27-28(23-16-8-10-18-25(23)32(27)21-12-4-2-5-13-21)31-29(30)24-17-9-11-19-26(24)33(30)22-14-6-3-7-15-22/h2-20,29H,1H3. The van der Waals surface area contributed by atoms with Crippen LogP contribution in [0.25, 0.3) is 22.7 Å². The van der Waals surface area contributed by atoms with E-state index in [0.29, 0.717) is 0 Å². The van der Waals surface area contributed by atoms with E-state index in [1.54, 1.807) is 0 Å². The molecule has 0 spiro atoms. The maximum atomic E-state index is 5.48. The zero-order chi connectivity index (χ0) is 22.0. The van der Waals surface area contributed by atoms with Crippen molar-refractivity contribution < 1.29 is 0 Å². The summed E-state index contributed by atoms with van der Waals surface area (Å²) in [7, 11) is 0. The number of hydrogen-bond donors (Lipinski definition) is 0. The van der Waals surface area contributed by atoms with Crippen molar-refractivity contribution in [2.45, 2.75) is 18.5 Å². The average molecular weight is 426 g/mol. The molecule has 33 heavy (non-hydrogen) atoms. The van der Waals surface area contributed by atoms with Gasteiger partial charge in [-0.2, -0.15) is 0 Å². The SMILES string of the molecule is CC12C=c3c(c4ccccc4n3-c3ccccc3)=NC1c1ccccc1N2c1ccccc1. The van der Waals surface area contributed by atoms with Crippen LogP contribution in [0.5, 0.6) is 0 Å². The largest absolute Gasteiger partial charge is 0.329 e. The van der Waals surface area contributed by atoms with Crippen LogP contribution in [0.3, 0.4) is 0 Å². The third-order valence-electron chi connectivity index (χ3n) is 7.11. The molecule has 2 aliphatic heterocycles. The third kappa shape index (κ3) is 2.48. The molecule has 2 aliphatic rings. The van der Waals surface area contributed by atoms with E-state index < -0.39 is 0 Å². The molecular weight excluding hydrogens is 402 g/mol. The molecule has 2 atom stereocenters. The van der Waals surface area contributed by atoms with Crippen molar-refractivity contribution in [1.29, 1.82) is 0 Å². The summed E-state index contributed by atoms with van der Waals surface area (Å²) in [5.74, 6) is 0. The van der Waals surface area contributed by atoms with Crippen molar-refractivity contribution in [1.82, 2.24) is 4.57 Å². The molecule has 0 bridgehead atoms. The van der Waals surface area contributed by atoms with Crippen molar-refractivity contribution in [3.63, 3.8) is 0 Å². The highest BCUT2D eigenvalue weighted by molar-refractivity contribution is 5.85. The maximum absolute atomic E-state index is 5.48. The summed E-state index contributed by atoms with van der Waals surface area (Å²) in [6.45, 7) is 2.32. The first-order chi connectivity index (χ1) is 16.3. The van der Waals surface area contributed by atoms with Gasteiger partial charge in [-0.3, -0.25) is 4.99 Å². The molecule has 0 amide bonds. The summed E-state index contributed by atoms with van der Waals surface area (Å²) < 4.78 is 2.36. The Hall–Kier alpha value is -4.11. The molecule has 2 unspecified atom stereocenters. The minimum absolute atomic E-state index is 0.0245. The number of rotatable bonds is 2. The highest BCUT2D eigenvalue weighted by atomic mass is 15.3. The van der Waals surface area contributed by atoms with E-state index in [1.165, 1.54) is 27.8 Å². The van der Waals surface area contributed by atoms with Crippen LogP contribution in [0.2, 0.25) is 0 Å². The van der Waals surface area contributed by atoms with Crippen molar-refractivity contribution >= 4 is 28.4 Å². The Morgan fingerprint density at radius 2 is 1.33 bits per heavy atom. The Kier molecular flexibility index (Phi) is 3.74. The number of para-hydroxylation sites is 4. The predicted octanol–water partition coefficient (Wildman–Crippen LogP) is 5.70. The van der Waals surface area contributed by atoms with Crippen molar-refractivity contribution in [2.75, 3.05) is 4.90 Å². The Morgan fingerprint density at radius 1 is 0.697 bits per heavy atom.